The van der Waals surface area contributed by atoms with Crippen molar-refractivity contribution in [2.75, 3.05) is 13.2 Å². The number of benzene rings is 1. The van der Waals surface area contributed by atoms with E-state index in [1.54, 1.807) is 0 Å². The summed E-state index contributed by atoms with van der Waals surface area (Å²) in [5, 5.41) is 4.04. The molecule has 0 saturated carbocycles. The molecule has 1 aromatic rings. The van der Waals surface area contributed by atoms with Crippen LogP contribution < -0.4 is 10.1 Å². The van der Waals surface area contributed by atoms with Gasteiger partial charge in [-0.15, -0.1) is 0 Å². The fraction of sp³-hybridized carbons (Fsp3) is 0.400. The number of halogens is 1. The lowest BCUT2D eigenvalue weighted by Crippen LogP contribution is -2.16. The van der Waals surface area contributed by atoms with E-state index < -0.39 is 0 Å². The molecule has 1 aliphatic heterocycles. The molecule has 1 aromatic carbocycles. The maximum atomic E-state index is 5.93. The van der Waals surface area contributed by atoms with Crippen molar-refractivity contribution in [2.45, 2.75) is 13.5 Å². The summed E-state index contributed by atoms with van der Waals surface area (Å²) in [6.45, 7) is 4.54. The maximum absolute atomic E-state index is 5.93. The average molecular weight is 198 g/mol. The molecule has 2 rings (SSSR count). The molecule has 3 heteroatoms. The number of rotatable bonds is 0. The van der Waals surface area contributed by atoms with Crippen molar-refractivity contribution in [1.29, 1.82) is 0 Å². The molecule has 0 radical (unpaired) electrons. The van der Waals surface area contributed by atoms with Crippen LogP contribution in [-0.4, -0.2) is 13.2 Å². The zero-order valence-corrected chi connectivity index (χ0v) is 8.32. The molecule has 0 aliphatic carbocycles. The molecule has 13 heavy (non-hydrogen) atoms. The predicted octanol–water partition coefficient (Wildman–Crippen LogP) is 2.13. The molecule has 70 valence electrons. The van der Waals surface area contributed by atoms with Crippen LogP contribution in [0.5, 0.6) is 5.75 Å². The highest BCUT2D eigenvalue weighted by Gasteiger charge is 2.11. The van der Waals surface area contributed by atoms with E-state index in [9.17, 15) is 0 Å². The Morgan fingerprint density at radius 2 is 2.31 bits per heavy atom. The normalized spacial score (nSPS) is 15.8. The fourth-order valence-corrected chi connectivity index (χ4v) is 1.81. The van der Waals surface area contributed by atoms with Gasteiger partial charge in [0.2, 0.25) is 0 Å². The summed E-state index contributed by atoms with van der Waals surface area (Å²) in [5.41, 5.74) is 2.42. The van der Waals surface area contributed by atoms with Crippen molar-refractivity contribution < 1.29 is 4.74 Å². The monoisotopic (exact) mass is 197 g/mol. The van der Waals surface area contributed by atoms with Gasteiger partial charge in [0.15, 0.2) is 0 Å². The van der Waals surface area contributed by atoms with E-state index in [4.69, 9.17) is 16.3 Å². The first-order chi connectivity index (χ1) is 6.27. The molecule has 0 amide bonds. The third-order valence-electron chi connectivity index (χ3n) is 2.23. The van der Waals surface area contributed by atoms with E-state index in [0.29, 0.717) is 6.61 Å². The van der Waals surface area contributed by atoms with Crippen molar-refractivity contribution >= 4 is 11.6 Å². The molecule has 0 fully saturated rings. The molecular weight excluding hydrogens is 186 g/mol. The molecule has 0 unspecified atom stereocenters. The van der Waals surface area contributed by atoms with Gasteiger partial charge in [0.05, 0.1) is 0 Å². The van der Waals surface area contributed by atoms with Crippen LogP contribution in [-0.2, 0) is 6.54 Å². The first-order valence-electron chi connectivity index (χ1n) is 4.40. The minimum Gasteiger partial charge on any atom is -0.492 e. The second-order valence-electron chi connectivity index (χ2n) is 3.22. The molecule has 1 N–H and O–H groups in total. The Hall–Kier alpha value is -0.730. The van der Waals surface area contributed by atoms with E-state index in [2.05, 4.69) is 12.2 Å². The van der Waals surface area contributed by atoms with Gasteiger partial charge in [0, 0.05) is 23.7 Å². The summed E-state index contributed by atoms with van der Waals surface area (Å²) in [5.74, 6) is 0.926. The lowest BCUT2D eigenvalue weighted by Gasteiger charge is -2.09. The summed E-state index contributed by atoms with van der Waals surface area (Å²) in [6.07, 6.45) is 0. The fourth-order valence-electron chi connectivity index (χ4n) is 1.54. The van der Waals surface area contributed by atoms with Gasteiger partial charge < -0.3 is 10.1 Å². The first kappa shape index (κ1) is 8.85. The smallest absolute Gasteiger partial charge is 0.125 e. The van der Waals surface area contributed by atoms with Crippen molar-refractivity contribution in [3.8, 4) is 5.75 Å². The second-order valence-corrected chi connectivity index (χ2v) is 3.66. The van der Waals surface area contributed by atoms with Gasteiger partial charge in [-0.1, -0.05) is 11.6 Å². The van der Waals surface area contributed by atoms with E-state index in [0.717, 1.165) is 23.9 Å². The Bertz CT molecular complexity index is 325. The minimum absolute atomic E-state index is 0.715. The van der Waals surface area contributed by atoms with E-state index >= 15 is 0 Å². The lowest BCUT2D eigenvalue weighted by atomic mass is 10.1. The van der Waals surface area contributed by atoms with Gasteiger partial charge in [0.1, 0.15) is 12.4 Å². The number of aryl methyl sites for hydroxylation is 1. The first-order valence-corrected chi connectivity index (χ1v) is 4.78. The Morgan fingerprint density at radius 3 is 3.15 bits per heavy atom. The third-order valence-corrected chi connectivity index (χ3v) is 2.45. The van der Waals surface area contributed by atoms with Crippen LogP contribution >= 0.6 is 11.6 Å². The van der Waals surface area contributed by atoms with Crippen LogP contribution in [0.25, 0.3) is 0 Å². The zero-order valence-electron chi connectivity index (χ0n) is 7.56. The predicted molar refractivity (Wildman–Crippen MR) is 53.4 cm³/mol. The van der Waals surface area contributed by atoms with Gasteiger partial charge >= 0.3 is 0 Å². The van der Waals surface area contributed by atoms with Gasteiger partial charge in [0.25, 0.3) is 0 Å². The largest absolute Gasteiger partial charge is 0.492 e. The summed E-state index contributed by atoms with van der Waals surface area (Å²) >= 11 is 5.93. The van der Waals surface area contributed by atoms with Crippen LogP contribution in [0.2, 0.25) is 5.02 Å². The molecule has 2 nitrogen and oxygen atoms in total. The Kier molecular flexibility index (Phi) is 2.42. The zero-order chi connectivity index (χ0) is 9.26. The number of hydrogen-bond donors (Lipinski definition) is 1. The summed E-state index contributed by atoms with van der Waals surface area (Å²) < 4.78 is 5.56. The average Bonchev–Trinajstić information content (AvgIpc) is 2.28. The maximum Gasteiger partial charge on any atom is 0.125 e. The van der Waals surface area contributed by atoms with Crippen molar-refractivity contribution in [2.24, 2.45) is 0 Å². The van der Waals surface area contributed by atoms with Crippen LogP contribution in [0.15, 0.2) is 12.1 Å². The number of fused-ring (bicyclic) bond motifs is 1. The van der Waals surface area contributed by atoms with Gasteiger partial charge in [-0.3, -0.25) is 0 Å². The molecular formula is C10H12ClNO. The van der Waals surface area contributed by atoms with Gasteiger partial charge in [-0.25, -0.2) is 0 Å². The Balaban J connectivity index is 2.47. The van der Waals surface area contributed by atoms with Crippen LogP contribution in [0.4, 0.5) is 0 Å². The highest BCUT2D eigenvalue weighted by Crippen LogP contribution is 2.27. The molecule has 0 saturated heterocycles. The third kappa shape index (κ3) is 1.79. The van der Waals surface area contributed by atoms with Crippen LogP contribution in [0.3, 0.4) is 0 Å². The molecule has 1 heterocycles. The molecule has 0 spiro atoms. The number of nitrogens with one attached hydrogen (secondary N) is 1. The molecule has 0 atom stereocenters. The molecule has 0 bridgehead atoms. The Labute approximate surface area is 82.9 Å². The summed E-state index contributed by atoms with van der Waals surface area (Å²) in [7, 11) is 0. The summed E-state index contributed by atoms with van der Waals surface area (Å²) in [6, 6.07) is 3.85. The van der Waals surface area contributed by atoms with E-state index in [1.165, 1.54) is 11.1 Å². The van der Waals surface area contributed by atoms with Crippen molar-refractivity contribution in [3.63, 3.8) is 0 Å². The van der Waals surface area contributed by atoms with Gasteiger partial charge in [-0.05, 0) is 24.6 Å². The molecule has 1 aliphatic rings. The number of hydrogen-bond acceptors (Lipinski definition) is 2. The van der Waals surface area contributed by atoms with E-state index in [-0.39, 0.29) is 0 Å². The lowest BCUT2D eigenvalue weighted by molar-refractivity contribution is 0.325. The quantitative estimate of drug-likeness (QED) is 0.688. The van der Waals surface area contributed by atoms with Crippen molar-refractivity contribution in [3.05, 3.63) is 28.3 Å². The molecule has 0 aromatic heterocycles. The van der Waals surface area contributed by atoms with Crippen molar-refractivity contribution in [1.82, 2.24) is 5.32 Å². The number of ether oxygens (including phenoxy) is 1. The summed E-state index contributed by atoms with van der Waals surface area (Å²) in [4.78, 5) is 0. The standard InChI is InChI=1S/C10H12ClNO/c1-7-4-8(11)5-10-9(7)6-12-2-3-13-10/h4-5,12H,2-3,6H2,1H3. The van der Waals surface area contributed by atoms with Crippen LogP contribution in [0.1, 0.15) is 11.1 Å². The van der Waals surface area contributed by atoms with Gasteiger partial charge in [-0.2, -0.15) is 0 Å². The minimum atomic E-state index is 0.715. The highest BCUT2D eigenvalue weighted by atomic mass is 35.5. The topological polar surface area (TPSA) is 21.3 Å². The Morgan fingerprint density at radius 1 is 1.46 bits per heavy atom. The van der Waals surface area contributed by atoms with Crippen LogP contribution in [0, 0.1) is 6.92 Å². The second kappa shape index (κ2) is 3.56. The van der Waals surface area contributed by atoms with E-state index in [1.807, 2.05) is 12.1 Å². The SMILES string of the molecule is Cc1cc(Cl)cc2c1CNCCO2. The highest BCUT2D eigenvalue weighted by molar-refractivity contribution is 6.30.